The number of aromatic amines is 1. The van der Waals surface area contributed by atoms with Crippen LogP contribution in [0, 0.1) is 5.92 Å². The molecule has 0 aliphatic heterocycles. The second kappa shape index (κ2) is 5.52. The maximum Gasteiger partial charge on any atom is 0.431 e. The van der Waals surface area contributed by atoms with Gasteiger partial charge in [-0.3, -0.25) is 4.72 Å². The van der Waals surface area contributed by atoms with E-state index in [9.17, 15) is 21.6 Å². The number of nitrogens with one attached hydrogen (secondary N) is 2. The third-order valence-corrected chi connectivity index (χ3v) is 4.76. The van der Waals surface area contributed by atoms with Crippen molar-refractivity contribution in [2.24, 2.45) is 5.92 Å². The van der Waals surface area contributed by atoms with Crippen LogP contribution in [0.15, 0.2) is 29.6 Å². The monoisotopic (exact) mass is 346 g/mol. The Morgan fingerprint density at radius 1 is 1.26 bits per heavy atom. The summed E-state index contributed by atoms with van der Waals surface area (Å²) in [6, 6.07) is 0.532. The molecule has 0 aromatic carbocycles. The number of anilines is 1. The smallest absolute Gasteiger partial charge is 0.356 e. The molecule has 2 N–H and O–H groups in total. The van der Waals surface area contributed by atoms with Crippen molar-refractivity contribution in [1.82, 2.24) is 15.0 Å². The van der Waals surface area contributed by atoms with E-state index in [0.29, 0.717) is 17.8 Å². The van der Waals surface area contributed by atoms with Gasteiger partial charge in [0.15, 0.2) is 0 Å². The number of aromatic nitrogens is 3. The largest absolute Gasteiger partial charge is 0.431 e. The molecule has 1 aliphatic rings. The summed E-state index contributed by atoms with van der Waals surface area (Å²) in [4.78, 5) is 9.50. The predicted molar refractivity (Wildman–Crippen MR) is 75.1 cm³/mol. The highest BCUT2D eigenvalue weighted by Crippen LogP contribution is 2.32. The second-order valence-corrected chi connectivity index (χ2v) is 7.07. The number of nitrogens with zero attached hydrogens (tertiary/aromatic N) is 2. The Labute approximate surface area is 130 Å². The zero-order valence-electron chi connectivity index (χ0n) is 11.8. The Balaban J connectivity index is 1.73. The highest BCUT2D eigenvalue weighted by atomic mass is 32.2. The lowest BCUT2D eigenvalue weighted by Gasteiger charge is -2.06. The van der Waals surface area contributed by atoms with E-state index in [2.05, 4.69) is 14.7 Å². The van der Waals surface area contributed by atoms with Crippen molar-refractivity contribution in [3.05, 3.63) is 36.2 Å². The van der Waals surface area contributed by atoms with Crippen molar-refractivity contribution in [3.8, 4) is 0 Å². The second-order valence-electron chi connectivity index (χ2n) is 5.39. The van der Waals surface area contributed by atoms with Gasteiger partial charge in [0.2, 0.25) is 0 Å². The van der Waals surface area contributed by atoms with Gasteiger partial charge in [-0.25, -0.2) is 18.4 Å². The summed E-state index contributed by atoms with van der Waals surface area (Å²) in [7, 11) is -4.14. The fraction of sp³-hybridized carbons (Fsp3) is 0.385. The zero-order valence-corrected chi connectivity index (χ0v) is 12.6. The Morgan fingerprint density at radius 2 is 1.91 bits per heavy atom. The molecule has 2 heterocycles. The minimum Gasteiger partial charge on any atom is -0.356 e. The Hall–Kier alpha value is -2.10. The van der Waals surface area contributed by atoms with Crippen LogP contribution in [0.3, 0.4) is 0 Å². The fourth-order valence-electron chi connectivity index (χ4n) is 2.00. The minimum atomic E-state index is -4.64. The third-order valence-electron chi connectivity index (χ3n) is 3.40. The van der Waals surface area contributed by atoms with Crippen LogP contribution in [-0.4, -0.2) is 23.4 Å². The Morgan fingerprint density at radius 3 is 2.43 bits per heavy atom. The maximum atomic E-state index is 12.5. The van der Waals surface area contributed by atoms with Crippen LogP contribution < -0.4 is 4.72 Å². The molecule has 6 nitrogen and oxygen atoms in total. The van der Waals surface area contributed by atoms with Crippen LogP contribution in [0.5, 0.6) is 0 Å². The van der Waals surface area contributed by atoms with Crippen LogP contribution in [-0.2, 0) is 22.6 Å². The first-order valence-electron chi connectivity index (χ1n) is 6.83. The minimum absolute atomic E-state index is 0.0966. The van der Waals surface area contributed by atoms with Crippen LogP contribution in [0.4, 0.5) is 18.9 Å². The molecule has 1 saturated carbocycles. The summed E-state index contributed by atoms with van der Waals surface area (Å²) in [6.07, 6.45) is 1.80. The summed E-state index contributed by atoms with van der Waals surface area (Å²) in [5.74, 6) is 1.22. The number of sulfonamides is 1. The SMILES string of the molecule is O=S(=O)(Nc1cnc(CC2CC2)nc1)c1c[nH]c(C(F)(F)F)c1. The average molecular weight is 346 g/mol. The lowest BCUT2D eigenvalue weighted by Crippen LogP contribution is -2.13. The molecule has 23 heavy (non-hydrogen) atoms. The van der Waals surface area contributed by atoms with Crippen LogP contribution in [0.25, 0.3) is 0 Å². The summed E-state index contributed by atoms with van der Waals surface area (Å²) < 4.78 is 63.8. The number of alkyl halides is 3. The quantitative estimate of drug-likeness (QED) is 0.871. The topological polar surface area (TPSA) is 87.7 Å². The molecule has 0 bridgehead atoms. The van der Waals surface area contributed by atoms with Gasteiger partial charge in [-0.15, -0.1) is 0 Å². The van der Waals surface area contributed by atoms with Gasteiger partial charge in [0.1, 0.15) is 16.4 Å². The molecule has 124 valence electrons. The predicted octanol–water partition coefficient (Wildman–Crippen LogP) is 2.58. The van der Waals surface area contributed by atoms with Crippen molar-refractivity contribution < 1.29 is 21.6 Å². The maximum absolute atomic E-state index is 12.5. The van der Waals surface area contributed by atoms with Gasteiger partial charge in [0.25, 0.3) is 10.0 Å². The van der Waals surface area contributed by atoms with Crippen molar-refractivity contribution in [2.75, 3.05) is 4.72 Å². The summed E-state index contributed by atoms with van der Waals surface area (Å²) in [5.41, 5.74) is -1.03. The molecule has 10 heteroatoms. The summed E-state index contributed by atoms with van der Waals surface area (Å²) >= 11 is 0. The van der Waals surface area contributed by atoms with Crippen LogP contribution in [0.2, 0.25) is 0 Å². The van der Waals surface area contributed by atoms with E-state index < -0.39 is 26.8 Å². The molecule has 0 atom stereocenters. The summed E-state index contributed by atoms with van der Waals surface area (Å²) in [6.45, 7) is 0. The Bertz CT molecular complexity index is 795. The first-order valence-corrected chi connectivity index (χ1v) is 8.32. The zero-order chi connectivity index (χ0) is 16.7. The molecule has 0 unspecified atom stereocenters. The molecule has 0 radical (unpaired) electrons. The van der Waals surface area contributed by atoms with E-state index in [0.717, 1.165) is 25.5 Å². The molecule has 0 amide bonds. The molecule has 0 spiro atoms. The lowest BCUT2D eigenvalue weighted by atomic mass is 10.3. The van der Waals surface area contributed by atoms with Gasteiger partial charge in [-0.05, 0) is 24.8 Å². The van der Waals surface area contributed by atoms with Gasteiger partial charge < -0.3 is 4.98 Å². The molecule has 1 aliphatic carbocycles. The number of hydrogen-bond acceptors (Lipinski definition) is 4. The van der Waals surface area contributed by atoms with Crippen LogP contribution >= 0.6 is 0 Å². The molecule has 1 fully saturated rings. The van der Waals surface area contributed by atoms with Gasteiger partial charge in [-0.1, -0.05) is 0 Å². The van der Waals surface area contributed by atoms with E-state index in [-0.39, 0.29) is 5.69 Å². The molecule has 3 rings (SSSR count). The van der Waals surface area contributed by atoms with Crippen molar-refractivity contribution >= 4 is 15.7 Å². The van der Waals surface area contributed by atoms with E-state index in [1.165, 1.54) is 12.4 Å². The first kappa shape index (κ1) is 15.8. The van der Waals surface area contributed by atoms with Gasteiger partial charge in [0.05, 0.1) is 18.1 Å². The number of hydrogen-bond donors (Lipinski definition) is 2. The first-order chi connectivity index (χ1) is 10.7. The molecule has 0 saturated heterocycles. The normalized spacial score (nSPS) is 15.6. The van der Waals surface area contributed by atoms with Crippen molar-refractivity contribution in [3.63, 3.8) is 0 Å². The van der Waals surface area contributed by atoms with E-state index in [1.807, 2.05) is 4.98 Å². The van der Waals surface area contributed by atoms with Crippen LogP contribution in [0.1, 0.15) is 24.4 Å². The van der Waals surface area contributed by atoms with E-state index in [4.69, 9.17) is 0 Å². The van der Waals surface area contributed by atoms with E-state index >= 15 is 0 Å². The third kappa shape index (κ3) is 3.81. The van der Waals surface area contributed by atoms with Crippen molar-refractivity contribution in [1.29, 1.82) is 0 Å². The molecular weight excluding hydrogens is 333 g/mol. The number of halogens is 3. The van der Waals surface area contributed by atoms with Gasteiger partial charge in [0, 0.05) is 12.6 Å². The Kier molecular flexibility index (Phi) is 3.78. The highest BCUT2D eigenvalue weighted by molar-refractivity contribution is 7.92. The lowest BCUT2D eigenvalue weighted by molar-refractivity contribution is -0.140. The number of rotatable bonds is 5. The fourth-order valence-corrected chi connectivity index (χ4v) is 3.02. The van der Waals surface area contributed by atoms with E-state index in [1.54, 1.807) is 0 Å². The average Bonchev–Trinajstić information content (AvgIpc) is 3.10. The molecular formula is C13H13F3N4O2S. The van der Waals surface area contributed by atoms with Gasteiger partial charge in [-0.2, -0.15) is 13.2 Å². The number of H-pyrrole nitrogens is 1. The standard InChI is InChI=1S/C13H13F3N4O2S/c14-13(15,16)11-4-10(7-17-11)23(21,22)20-9-5-18-12(19-6-9)3-8-1-2-8/h4-8,17,20H,1-3H2. The van der Waals surface area contributed by atoms with Crippen molar-refractivity contribution in [2.45, 2.75) is 30.3 Å². The highest BCUT2D eigenvalue weighted by Gasteiger charge is 2.33. The van der Waals surface area contributed by atoms with Gasteiger partial charge >= 0.3 is 6.18 Å². The molecule has 2 aromatic heterocycles. The summed E-state index contributed by atoms with van der Waals surface area (Å²) in [5, 5.41) is 0. The molecule has 2 aromatic rings.